The number of imidazole rings is 1. The first-order chi connectivity index (χ1) is 10.8. The second-order valence-electron chi connectivity index (χ2n) is 6.17. The van der Waals surface area contributed by atoms with Crippen LogP contribution in [0.4, 0.5) is 0 Å². The van der Waals surface area contributed by atoms with Gasteiger partial charge in [-0.3, -0.25) is 5.10 Å². The molecule has 3 heterocycles. The number of nitrogens with zero attached hydrogens (tertiary/aromatic N) is 3. The molecule has 5 heteroatoms. The molecule has 110 valence electrons. The predicted octanol–water partition coefficient (Wildman–Crippen LogP) is 2.47. The van der Waals surface area contributed by atoms with Crippen molar-refractivity contribution in [1.82, 2.24) is 19.7 Å². The molecule has 0 saturated carbocycles. The van der Waals surface area contributed by atoms with Gasteiger partial charge in [0.05, 0.1) is 36.2 Å². The largest absolute Gasteiger partial charge is 0.386 e. The van der Waals surface area contributed by atoms with E-state index >= 15 is 0 Å². The van der Waals surface area contributed by atoms with Crippen LogP contribution in [0.1, 0.15) is 35.4 Å². The van der Waals surface area contributed by atoms with Crippen molar-refractivity contribution < 1.29 is 5.11 Å². The minimum Gasteiger partial charge on any atom is -0.386 e. The molecule has 3 atom stereocenters. The maximum absolute atomic E-state index is 10.9. The highest BCUT2D eigenvalue weighted by Crippen LogP contribution is 2.49. The zero-order valence-corrected chi connectivity index (χ0v) is 12.0. The highest BCUT2D eigenvalue weighted by molar-refractivity contribution is 5.69. The lowest BCUT2D eigenvalue weighted by atomic mass is 9.78. The van der Waals surface area contributed by atoms with Gasteiger partial charge in [0.25, 0.3) is 0 Å². The van der Waals surface area contributed by atoms with Gasteiger partial charge in [0.1, 0.15) is 6.10 Å². The summed E-state index contributed by atoms with van der Waals surface area (Å²) < 4.78 is 2.21. The molecule has 0 amide bonds. The van der Waals surface area contributed by atoms with Crippen LogP contribution < -0.4 is 0 Å². The van der Waals surface area contributed by atoms with E-state index in [4.69, 9.17) is 0 Å². The molecule has 2 aliphatic rings. The van der Waals surface area contributed by atoms with Gasteiger partial charge in [-0.1, -0.05) is 24.3 Å². The minimum absolute atomic E-state index is 0.129. The van der Waals surface area contributed by atoms with E-state index in [1.165, 1.54) is 11.1 Å². The van der Waals surface area contributed by atoms with Crippen LogP contribution in [0, 0.1) is 5.92 Å². The molecule has 5 rings (SSSR count). The Morgan fingerprint density at radius 2 is 2.14 bits per heavy atom. The molecule has 1 aliphatic heterocycles. The minimum atomic E-state index is -0.516. The summed E-state index contributed by atoms with van der Waals surface area (Å²) >= 11 is 0. The molecule has 22 heavy (non-hydrogen) atoms. The highest BCUT2D eigenvalue weighted by atomic mass is 16.3. The van der Waals surface area contributed by atoms with Gasteiger partial charge < -0.3 is 9.67 Å². The fraction of sp³-hybridized carbons (Fsp3) is 0.294. The SMILES string of the molecule is O[C@@H]1c2[nH]ncc2CC[C@@H]1[C@@H]1c2ccccc2-c2cncn21. The normalized spacial score (nSPS) is 25.6. The maximum Gasteiger partial charge on any atom is 0.101 e. The van der Waals surface area contributed by atoms with E-state index in [0.29, 0.717) is 0 Å². The van der Waals surface area contributed by atoms with E-state index in [0.717, 1.165) is 29.8 Å². The lowest BCUT2D eigenvalue weighted by Gasteiger charge is -2.33. The number of benzene rings is 1. The van der Waals surface area contributed by atoms with Crippen LogP contribution in [-0.2, 0) is 6.42 Å². The lowest BCUT2D eigenvalue weighted by Crippen LogP contribution is -2.28. The van der Waals surface area contributed by atoms with Gasteiger partial charge in [-0.05, 0) is 24.0 Å². The van der Waals surface area contributed by atoms with Crippen molar-refractivity contribution in [2.24, 2.45) is 5.92 Å². The number of hydrogen-bond donors (Lipinski definition) is 2. The Morgan fingerprint density at radius 3 is 3.09 bits per heavy atom. The van der Waals surface area contributed by atoms with E-state index in [2.05, 4.69) is 44.0 Å². The average molecular weight is 292 g/mol. The molecule has 0 fully saturated rings. The number of hydrogen-bond acceptors (Lipinski definition) is 3. The summed E-state index contributed by atoms with van der Waals surface area (Å²) in [5.41, 5.74) is 5.67. The summed E-state index contributed by atoms with van der Waals surface area (Å²) in [6.45, 7) is 0. The van der Waals surface area contributed by atoms with Crippen molar-refractivity contribution in [3.8, 4) is 11.3 Å². The molecule has 2 N–H and O–H groups in total. The van der Waals surface area contributed by atoms with Gasteiger partial charge in [-0.15, -0.1) is 0 Å². The molecule has 0 unspecified atom stereocenters. The number of aliphatic hydroxyl groups is 1. The molecule has 5 nitrogen and oxygen atoms in total. The Hall–Kier alpha value is -2.40. The van der Waals surface area contributed by atoms with Gasteiger partial charge in [-0.2, -0.15) is 5.10 Å². The number of nitrogens with one attached hydrogen (secondary N) is 1. The van der Waals surface area contributed by atoms with Crippen molar-refractivity contribution in [3.05, 3.63) is 59.8 Å². The summed E-state index contributed by atoms with van der Waals surface area (Å²) in [5.74, 6) is 0.129. The Morgan fingerprint density at radius 1 is 1.23 bits per heavy atom. The number of aromatic amines is 1. The molecule has 3 aromatic rings. The van der Waals surface area contributed by atoms with E-state index < -0.39 is 6.10 Å². The quantitative estimate of drug-likeness (QED) is 0.724. The Labute approximate surface area is 127 Å². The third kappa shape index (κ3) is 1.46. The number of fused-ring (bicyclic) bond motifs is 4. The summed E-state index contributed by atoms with van der Waals surface area (Å²) in [6, 6.07) is 8.58. The zero-order chi connectivity index (χ0) is 14.7. The van der Waals surface area contributed by atoms with Gasteiger partial charge in [0.2, 0.25) is 0 Å². The second-order valence-corrected chi connectivity index (χ2v) is 6.17. The fourth-order valence-corrected chi connectivity index (χ4v) is 4.11. The van der Waals surface area contributed by atoms with Gasteiger partial charge in [0, 0.05) is 11.5 Å². The van der Waals surface area contributed by atoms with Crippen molar-refractivity contribution >= 4 is 0 Å². The van der Waals surface area contributed by atoms with Crippen LogP contribution in [0.25, 0.3) is 11.3 Å². The van der Waals surface area contributed by atoms with E-state index in [-0.39, 0.29) is 12.0 Å². The fourth-order valence-electron chi connectivity index (χ4n) is 4.11. The summed E-state index contributed by atoms with van der Waals surface area (Å²) in [7, 11) is 0. The van der Waals surface area contributed by atoms with Crippen LogP contribution in [0.2, 0.25) is 0 Å². The standard InChI is InChI=1S/C17H16N4O/c22-17-13(6-5-10-7-19-20-15(10)17)16-12-4-2-1-3-11(12)14-8-18-9-21(14)16/h1-4,7-9,13,16-17,22H,5-6H2,(H,19,20)/t13-,16+,17+/m1/s1. The monoisotopic (exact) mass is 292 g/mol. The van der Waals surface area contributed by atoms with Crippen molar-refractivity contribution in [2.75, 3.05) is 0 Å². The number of aromatic nitrogens is 4. The molecule has 0 bridgehead atoms. The molecule has 2 aromatic heterocycles. The molecule has 0 saturated heterocycles. The van der Waals surface area contributed by atoms with Crippen LogP contribution in [0.5, 0.6) is 0 Å². The molecular weight excluding hydrogens is 276 g/mol. The summed E-state index contributed by atoms with van der Waals surface area (Å²) in [4.78, 5) is 4.31. The highest BCUT2D eigenvalue weighted by Gasteiger charge is 2.41. The average Bonchev–Trinajstić information content (AvgIpc) is 3.23. The van der Waals surface area contributed by atoms with Crippen molar-refractivity contribution in [2.45, 2.75) is 25.0 Å². The van der Waals surface area contributed by atoms with Crippen LogP contribution in [0.3, 0.4) is 0 Å². The molecule has 0 spiro atoms. The zero-order valence-electron chi connectivity index (χ0n) is 12.0. The molecule has 1 aliphatic carbocycles. The second kappa shape index (κ2) is 4.30. The topological polar surface area (TPSA) is 66.7 Å². The van der Waals surface area contributed by atoms with Crippen LogP contribution >= 0.6 is 0 Å². The van der Waals surface area contributed by atoms with Gasteiger partial charge in [-0.25, -0.2) is 4.98 Å². The molecular formula is C17H16N4O. The Balaban J connectivity index is 1.65. The first-order valence-electron chi connectivity index (χ1n) is 7.66. The maximum atomic E-state index is 10.9. The Kier molecular flexibility index (Phi) is 2.38. The number of aliphatic hydroxyl groups excluding tert-OH is 1. The van der Waals surface area contributed by atoms with E-state index in [9.17, 15) is 5.11 Å². The molecule has 0 radical (unpaired) electrons. The van der Waals surface area contributed by atoms with Gasteiger partial charge >= 0.3 is 0 Å². The van der Waals surface area contributed by atoms with Crippen LogP contribution in [-0.4, -0.2) is 24.9 Å². The number of rotatable bonds is 1. The van der Waals surface area contributed by atoms with Crippen molar-refractivity contribution in [1.29, 1.82) is 0 Å². The first kappa shape index (κ1) is 12.2. The smallest absolute Gasteiger partial charge is 0.101 e. The number of H-pyrrole nitrogens is 1. The Bertz CT molecular complexity index is 850. The summed E-state index contributed by atoms with van der Waals surface area (Å²) in [6.07, 6.45) is 7.02. The first-order valence-corrected chi connectivity index (χ1v) is 7.66. The third-order valence-corrected chi connectivity index (χ3v) is 5.13. The predicted molar refractivity (Wildman–Crippen MR) is 81.2 cm³/mol. The van der Waals surface area contributed by atoms with E-state index in [1.54, 1.807) is 0 Å². The van der Waals surface area contributed by atoms with E-state index in [1.807, 2.05) is 18.7 Å². The van der Waals surface area contributed by atoms with Crippen molar-refractivity contribution in [3.63, 3.8) is 0 Å². The number of aryl methyl sites for hydroxylation is 1. The third-order valence-electron chi connectivity index (χ3n) is 5.13. The van der Waals surface area contributed by atoms with Crippen LogP contribution in [0.15, 0.2) is 43.0 Å². The summed E-state index contributed by atoms with van der Waals surface area (Å²) in [5, 5.41) is 17.9. The van der Waals surface area contributed by atoms with Gasteiger partial charge in [0.15, 0.2) is 0 Å². The lowest BCUT2D eigenvalue weighted by molar-refractivity contribution is 0.0684. The molecule has 1 aromatic carbocycles.